The first-order chi connectivity index (χ1) is 6.74. The summed E-state index contributed by atoms with van der Waals surface area (Å²) in [6, 6.07) is 0.412. The third-order valence-electron chi connectivity index (χ3n) is 2.47. The maximum Gasteiger partial charge on any atom is 0.274 e. The monoisotopic (exact) mass is 194 g/mol. The summed E-state index contributed by atoms with van der Waals surface area (Å²) in [4.78, 5) is 13.8. The Bertz CT molecular complexity index is 342. The molecule has 0 radical (unpaired) electrons. The van der Waals surface area contributed by atoms with E-state index in [1.54, 1.807) is 0 Å². The number of nitrogens with zero attached hydrogens (tertiary/aromatic N) is 2. The van der Waals surface area contributed by atoms with E-state index in [2.05, 4.69) is 10.2 Å². The van der Waals surface area contributed by atoms with Gasteiger partial charge >= 0.3 is 0 Å². The molecule has 5 heteroatoms. The molecule has 1 amide bonds. The predicted octanol–water partition coefficient (Wildman–Crippen LogP) is 0.616. The largest absolute Gasteiger partial charge is 0.396 e. The van der Waals surface area contributed by atoms with Crippen molar-refractivity contribution in [3.05, 3.63) is 11.9 Å². The van der Waals surface area contributed by atoms with E-state index in [-0.39, 0.29) is 5.91 Å². The van der Waals surface area contributed by atoms with Crippen LogP contribution in [0.2, 0.25) is 0 Å². The van der Waals surface area contributed by atoms with Crippen molar-refractivity contribution in [2.45, 2.75) is 25.8 Å². The van der Waals surface area contributed by atoms with Gasteiger partial charge in [-0.25, -0.2) is 0 Å². The molecule has 1 aromatic rings. The van der Waals surface area contributed by atoms with Crippen LogP contribution in [0.15, 0.2) is 6.20 Å². The van der Waals surface area contributed by atoms with Crippen molar-refractivity contribution in [3.8, 4) is 0 Å². The Morgan fingerprint density at radius 2 is 2.50 bits per heavy atom. The summed E-state index contributed by atoms with van der Waals surface area (Å²) in [6.45, 7) is 2.70. The molecular weight excluding hydrogens is 180 g/mol. The zero-order valence-corrected chi connectivity index (χ0v) is 8.16. The number of nitrogens with one attached hydrogen (secondary N) is 1. The van der Waals surface area contributed by atoms with Gasteiger partial charge in [0.2, 0.25) is 0 Å². The minimum atomic E-state index is -0.0370. The minimum absolute atomic E-state index is 0.0370. The highest BCUT2D eigenvalue weighted by molar-refractivity contribution is 5.97. The lowest BCUT2D eigenvalue weighted by molar-refractivity contribution is 0.0747. The second-order valence-electron chi connectivity index (χ2n) is 3.52. The van der Waals surface area contributed by atoms with Crippen LogP contribution in [0.1, 0.15) is 30.3 Å². The van der Waals surface area contributed by atoms with Crippen molar-refractivity contribution < 1.29 is 4.79 Å². The summed E-state index contributed by atoms with van der Waals surface area (Å²) < 4.78 is 0. The lowest BCUT2D eigenvalue weighted by atomic mass is 10.3. The van der Waals surface area contributed by atoms with Crippen LogP contribution in [-0.4, -0.2) is 33.6 Å². The van der Waals surface area contributed by atoms with E-state index in [9.17, 15) is 4.79 Å². The fraction of sp³-hybridized carbons (Fsp3) is 0.556. The van der Waals surface area contributed by atoms with Gasteiger partial charge in [0.1, 0.15) is 5.69 Å². The number of nitrogen functional groups attached to an aromatic ring is 1. The standard InChI is InChI=1S/C9H14N4O/c1-2-13(6-3-4-6)9(14)8-7(10)5-11-12-8/h5-6H,2-4,10H2,1H3,(H,11,12). The summed E-state index contributed by atoms with van der Waals surface area (Å²) in [6.07, 6.45) is 3.68. The van der Waals surface area contributed by atoms with E-state index in [0.717, 1.165) is 19.4 Å². The molecule has 14 heavy (non-hydrogen) atoms. The molecule has 0 bridgehead atoms. The number of anilines is 1. The van der Waals surface area contributed by atoms with Gasteiger partial charge in [0.05, 0.1) is 11.9 Å². The SMILES string of the molecule is CCN(C(=O)c1[nH]ncc1N)C1CC1. The second kappa shape index (κ2) is 3.32. The molecule has 1 saturated carbocycles. The van der Waals surface area contributed by atoms with E-state index in [4.69, 9.17) is 5.73 Å². The van der Waals surface area contributed by atoms with E-state index >= 15 is 0 Å². The number of rotatable bonds is 3. The van der Waals surface area contributed by atoms with Crippen LogP contribution in [0.4, 0.5) is 5.69 Å². The molecule has 2 rings (SSSR count). The van der Waals surface area contributed by atoms with E-state index in [0.29, 0.717) is 17.4 Å². The summed E-state index contributed by atoms with van der Waals surface area (Å²) in [7, 11) is 0. The van der Waals surface area contributed by atoms with Crippen molar-refractivity contribution >= 4 is 11.6 Å². The molecule has 1 aliphatic rings. The number of H-pyrrole nitrogens is 1. The third kappa shape index (κ3) is 1.45. The normalized spacial score (nSPS) is 15.5. The van der Waals surface area contributed by atoms with Crippen LogP contribution < -0.4 is 5.73 Å². The Balaban J connectivity index is 2.17. The Morgan fingerprint density at radius 1 is 1.79 bits per heavy atom. The molecule has 3 N–H and O–H groups in total. The molecule has 0 unspecified atom stereocenters. The first-order valence-corrected chi connectivity index (χ1v) is 4.83. The molecule has 0 saturated heterocycles. The van der Waals surface area contributed by atoms with Crippen LogP contribution in [-0.2, 0) is 0 Å². The van der Waals surface area contributed by atoms with Gasteiger partial charge in [-0.3, -0.25) is 9.89 Å². The van der Waals surface area contributed by atoms with Gasteiger partial charge in [-0.2, -0.15) is 5.10 Å². The molecule has 1 aromatic heterocycles. The molecule has 5 nitrogen and oxygen atoms in total. The molecule has 1 heterocycles. The highest BCUT2D eigenvalue weighted by atomic mass is 16.2. The van der Waals surface area contributed by atoms with Gasteiger partial charge < -0.3 is 10.6 Å². The zero-order valence-electron chi connectivity index (χ0n) is 8.16. The van der Waals surface area contributed by atoms with Gasteiger partial charge in [-0.15, -0.1) is 0 Å². The van der Waals surface area contributed by atoms with Gasteiger partial charge in [0.25, 0.3) is 5.91 Å². The maximum atomic E-state index is 11.9. The minimum Gasteiger partial charge on any atom is -0.396 e. The highest BCUT2D eigenvalue weighted by Gasteiger charge is 2.33. The average molecular weight is 194 g/mol. The smallest absolute Gasteiger partial charge is 0.274 e. The molecule has 0 spiro atoms. The maximum absolute atomic E-state index is 11.9. The van der Waals surface area contributed by atoms with Gasteiger partial charge in [0.15, 0.2) is 0 Å². The van der Waals surface area contributed by atoms with Crippen molar-refractivity contribution in [2.75, 3.05) is 12.3 Å². The second-order valence-corrected chi connectivity index (χ2v) is 3.52. The molecule has 0 aliphatic heterocycles. The lowest BCUT2D eigenvalue weighted by Crippen LogP contribution is -2.33. The Kier molecular flexibility index (Phi) is 2.15. The summed E-state index contributed by atoms with van der Waals surface area (Å²) >= 11 is 0. The summed E-state index contributed by atoms with van der Waals surface area (Å²) in [5, 5.41) is 6.38. The Labute approximate surface area is 82.3 Å². The molecule has 1 aliphatic carbocycles. The third-order valence-corrected chi connectivity index (χ3v) is 2.47. The number of hydrogen-bond donors (Lipinski definition) is 2. The quantitative estimate of drug-likeness (QED) is 0.740. The van der Waals surface area contributed by atoms with E-state index < -0.39 is 0 Å². The topological polar surface area (TPSA) is 75.0 Å². The Morgan fingerprint density at radius 3 is 2.93 bits per heavy atom. The fourth-order valence-electron chi connectivity index (χ4n) is 1.56. The summed E-state index contributed by atoms with van der Waals surface area (Å²) in [5.74, 6) is -0.0370. The number of hydrogen-bond acceptors (Lipinski definition) is 3. The molecule has 1 fully saturated rings. The molecule has 76 valence electrons. The van der Waals surface area contributed by atoms with Crippen LogP contribution >= 0.6 is 0 Å². The number of carbonyl (C=O) groups is 1. The van der Waals surface area contributed by atoms with E-state index in [1.807, 2.05) is 11.8 Å². The predicted molar refractivity (Wildman–Crippen MR) is 52.7 cm³/mol. The van der Waals surface area contributed by atoms with Gasteiger partial charge in [-0.1, -0.05) is 0 Å². The Hall–Kier alpha value is -1.52. The number of aromatic nitrogens is 2. The van der Waals surface area contributed by atoms with Crippen molar-refractivity contribution in [3.63, 3.8) is 0 Å². The van der Waals surface area contributed by atoms with Crippen LogP contribution in [0, 0.1) is 0 Å². The number of amides is 1. The van der Waals surface area contributed by atoms with Gasteiger partial charge in [-0.05, 0) is 19.8 Å². The zero-order chi connectivity index (χ0) is 10.1. The van der Waals surface area contributed by atoms with Gasteiger partial charge in [0, 0.05) is 12.6 Å². The molecule has 0 aromatic carbocycles. The van der Waals surface area contributed by atoms with Crippen molar-refractivity contribution in [1.82, 2.24) is 15.1 Å². The average Bonchev–Trinajstić information content (AvgIpc) is 2.90. The van der Waals surface area contributed by atoms with E-state index in [1.165, 1.54) is 6.20 Å². The number of nitrogens with two attached hydrogens (primary N) is 1. The van der Waals surface area contributed by atoms with Crippen LogP contribution in [0.25, 0.3) is 0 Å². The lowest BCUT2D eigenvalue weighted by Gasteiger charge is -2.19. The van der Waals surface area contributed by atoms with Crippen molar-refractivity contribution in [1.29, 1.82) is 0 Å². The highest BCUT2D eigenvalue weighted by Crippen LogP contribution is 2.28. The molecule has 0 atom stereocenters. The number of aromatic amines is 1. The van der Waals surface area contributed by atoms with Crippen molar-refractivity contribution in [2.24, 2.45) is 0 Å². The molecular formula is C9H14N4O. The van der Waals surface area contributed by atoms with Crippen LogP contribution in [0.3, 0.4) is 0 Å². The fourth-order valence-corrected chi connectivity index (χ4v) is 1.56. The summed E-state index contributed by atoms with van der Waals surface area (Å²) in [5.41, 5.74) is 6.45. The van der Waals surface area contributed by atoms with Crippen LogP contribution in [0.5, 0.6) is 0 Å². The first-order valence-electron chi connectivity index (χ1n) is 4.83. The number of carbonyl (C=O) groups excluding carboxylic acids is 1. The first kappa shape index (κ1) is 9.05.